The van der Waals surface area contributed by atoms with Crippen LogP contribution in [0.25, 0.3) is 0 Å². The molecular formula is C14H18N2O4S. The minimum absolute atomic E-state index is 0.101. The van der Waals surface area contributed by atoms with Crippen LogP contribution in [0, 0.1) is 0 Å². The lowest BCUT2D eigenvalue weighted by atomic mass is 10.2. The summed E-state index contributed by atoms with van der Waals surface area (Å²) in [6.45, 7) is 0.615. The molecule has 1 aromatic heterocycles. The van der Waals surface area contributed by atoms with Gasteiger partial charge in [0.25, 0.3) is 0 Å². The highest BCUT2D eigenvalue weighted by Gasteiger charge is 2.43. The molecule has 0 bridgehead atoms. The molecule has 0 unspecified atom stereocenters. The van der Waals surface area contributed by atoms with Crippen molar-refractivity contribution in [1.29, 1.82) is 0 Å². The zero-order valence-corrected chi connectivity index (χ0v) is 12.3. The third kappa shape index (κ3) is 3.03. The molecule has 2 N–H and O–H groups in total. The number of aliphatic carboxylic acids is 1. The highest BCUT2D eigenvalue weighted by atomic mass is 32.1. The largest absolute Gasteiger partial charge is 0.480 e. The van der Waals surface area contributed by atoms with Gasteiger partial charge in [-0.15, -0.1) is 11.3 Å². The molecule has 21 heavy (non-hydrogen) atoms. The Morgan fingerprint density at radius 2 is 2.19 bits per heavy atom. The van der Waals surface area contributed by atoms with Gasteiger partial charge in [-0.3, -0.25) is 0 Å². The van der Waals surface area contributed by atoms with Crippen LogP contribution in [0.15, 0.2) is 17.5 Å². The molecule has 7 heteroatoms. The molecule has 114 valence electrons. The maximum Gasteiger partial charge on any atom is 0.326 e. The van der Waals surface area contributed by atoms with Crippen LogP contribution < -0.4 is 0 Å². The van der Waals surface area contributed by atoms with Crippen molar-refractivity contribution in [1.82, 2.24) is 9.80 Å². The molecule has 2 aliphatic rings. The average Bonchev–Trinajstić information content (AvgIpc) is 2.99. The van der Waals surface area contributed by atoms with Gasteiger partial charge in [0.1, 0.15) is 6.04 Å². The Kier molecular flexibility index (Phi) is 3.86. The molecule has 1 saturated heterocycles. The van der Waals surface area contributed by atoms with Crippen LogP contribution in [0.4, 0.5) is 4.79 Å². The van der Waals surface area contributed by atoms with Gasteiger partial charge >= 0.3 is 12.0 Å². The molecule has 3 rings (SSSR count). The number of nitrogens with zero attached hydrogens (tertiary/aromatic N) is 2. The zero-order chi connectivity index (χ0) is 15.0. The number of likely N-dealkylation sites (tertiary alicyclic amines) is 1. The number of rotatable bonds is 4. The van der Waals surface area contributed by atoms with Gasteiger partial charge in [-0.2, -0.15) is 0 Å². The normalized spacial score (nSPS) is 25.1. The van der Waals surface area contributed by atoms with E-state index in [1.807, 2.05) is 17.5 Å². The topological polar surface area (TPSA) is 81.1 Å². The molecule has 2 amide bonds. The van der Waals surface area contributed by atoms with E-state index in [1.165, 1.54) is 4.90 Å². The Labute approximate surface area is 126 Å². The molecule has 2 atom stereocenters. The van der Waals surface area contributed by atoms with Crippen molar-refractivity contribution in [3.8, 4) is 0 Å². The number of amides is 2. The molecule has 1 saturated carbocycles. The van der Waals surface area contributed by atoms with Crippen molar-refractivity contribution >= 4 is 23.3 Å². The van der Waals surface area contributed by atoms with Gasteiger partial charge in [0.15, 0.2) is 0 Å². The first-order valence-corrected chi connectivity index (χ1v) is 7.94. The Balaban J connectivity index is 1.75. The van der Waals surface area contributed by atoms with Gasteiger partial charge in [-0.1, -0.05) is 6.07 Å². The fraction of sp³-hybridized carbons (Fsp3) is 0.571. The zero-order valence-electron chi connectivity index (χ0n) is 11.5. The molecular weight excluding hydrogens is 292 g/mol. The highest BCUT2D eigenvalue weighted by molar-refractivity contribution is 7.09. The van der Waals surface area contributed by atoms with Gasteiger partial charge < -0.3 is 20.0 Å². The van der Waals surface area contributed by atoms with E-state index in [2.05, 4.69) is 0 Å². The summed E-state index contributed by atoms with van der Waals surface area (Å²) in [6, 6.07) is 2.93. The number of carbonyl (C=O) groups is 2. The maximum atomic E-state index is 12.7. The number of carboxylic acids is 1. The van der Waals surface area contributed by atoms with Crippen molar-refractivity contribution in [3.63, 3.8) is 0 Å². The minimum Gasteiger partial charge on any atom is -0.480 e. The lowest BCUT2D eigenvalue weighted by Gasteiger charge is -2.30. The summed E-state index contributed by atoms with van der Waals surface area (Å²) >= 11 is 1.59. The standard InChI is InChI=1S/C14H18N2O4S/c17-10-6-12(13(18)19)16(7-10)14(20)15(9-3-4-9)8-11-2-1-5-21-11/h1-2,5,9-10,12,17H,3-4,6-8H2,(H,18,19)/t10-,12-/m0/s1. The Hall–Kier alpha value is -1.60. The van der Waals surface area contributed by atoms with E-state index in [9.17, 15) is 19.8 Å². The maximum absolute atomic E-state index is 12.7. The lowest BCUT2D eigenvalue weighted by Crippen LogP contribution is -2.48. The summed E-state index contributed by atoms with van der Waals surface area (Å²) in [7, 11) is 0. The van der Waals surface area contributed by atoms with Gasteiger partial charge in [-0.05, 0) is 24.3 Å². The molecule has 1 aliphatic heterocycles. The molecule has 1 aromatic rings. The Bertz CT molecular complexity index is 529. The second kappa shape index (κ2) is 5.65. The van der Waals surface area contributed by atoms with Crippen molar-refractivity contribution in [3.05, 3.63) is 22.4 Å². The quantitative estimate of drug-likeness (QED) is 0.879. The highest BCUT2D eigenvalue weighted by Crippen LogP contribution is 2.32. The summed E-state index contributed by atoms with van der Waals surface area (Å²) in [4.78, 5) is 28.1. The smallest absolute Gasteiger partial charge is 0.326 e. The first-order valence-electron chi connectivity index (χ1n) is 7.06. The van der Waals surface area contributed by atoms with Gasteiger partial charge in [0, 0.05) is 23.9 Å². The van der Waals surface area contributed by atoms with Gasteiger partial charge in [-0.25, -0.2) is 9.59 Å². The van der Waals surface area contributed by atoms with Crippen LogP contribution in [-0.2, 0) is 11.3 Å². The Morgan fingerprint density at radius 3 is 2.76 bits per heavy atom. The van der Waals surface area contributed by atoms with E-state index in [-0.39, 0.29) is 25.0 Å². The number of aliphatic hydroxyl groups excluding tert-OH is 1. The summed E-state index contributed by atoms with van der Waals surface area (Å²) < 4.78 is 0. The molecule has 2 heterocycles. The minimum atomic E-state index is -1.05. The van der Waals surface area contributed by atoms with E-state index in [0.29, 0.717) is 6.54 Å². The van der Waals surface area contributed by atoms with Gasteiger partial charge in [0.2, 0.25) is 0 Å². The van der Waals surface area contributed by atoms with E-state index in [1.54, 1.807) is 16.2 Å². The number of urea groups is 1. The van der Waals surface area contributed by atoms with Crippen LogP contribution in [0.5, 0.6) is 0 Å². The van der Waals surface area contributed by atoms with Crippen LogP contribution in [-0.4, -0.2) is 56.7 Å². The molecule has 0 radical (unpaired) electrons. The third-order valence-electron chi connectivity index (χ3n) is 3.95. The van der Waals surface area contributed by atoms with E-state index in [4.69, 9.17) is 0 Å². The number of thiophene rings is 1. The second-order valence-corrected chi connectivity index (χ2v) is 6.65. The third-order valence-corrected chi connectivity index (χ3v) is 4.81. The predicted molar refractivity (Wildman–Crippen MR) is 77.0 cm³/mol. The van der Waals surface area contributed by atoms with Crippen molar-refractivity contribution < 1.29 is 19.8 Å². The van der Waals surface area contributed by atoms with E-state index >= 15 is 0 Å². The van der Waals surface area contributed by atoms with Crippen LogP contribution >= 0.6 is 11.3 Å². The van der Waals surface area contributed by atoms with Gasteiger partial charge in [0.05, 0.1) is 12.6 Å². The fourth-order valence-corrected chi connectivity index (χ4v) is 3.44. The SMILES string of the molecule is O=C(O)[C@@H]1C[C@H](O)CN1C(=O)N(Cc1cccs1)C1CC1. The van der Waals surface area contributed by atoms with Crippen LogP contribution in [0.2, 0.25) is 0 Å². The Morgan fingerprint density at radius 1 is 1.43 bits per heavy atom. The number of aliphatic hydroxyl groups is 1. The monoisotopic (exact) mass is 310 g/mol. The molecule has 0 aromatic carbocycles. The summed E-state index contributed by atoms with van der Waals surface area (Å²) in [6.07, 6.45) is 1.28. The number of carboxylic acid groups (broad SMARTS) is 1. The molecule has 0 spiro atoms. The number of hydrogen-bond donors (Lipinski definition) is 2. The number of carbonyl (C=O) groups excluding carboxylic acids is 1. The summed E-state index contributed by atoms with van der Waals surface area (Å²) in [5.41, 5.74) is 0. The number of β-amino-alcohol motifs (C(OH)–C–C–N with tert-alkyl or cyclic N) is 1. The van der Waals surface area contributed by atoms with Crippen LogP contribution in [0.1, 0.15) is 24.1 Å². The lowest BCUT2D eigenvalue weighted by molar-refractivity contribution is -0.141. The van der Waals surface area contributed by atoms with E-state index in [0.717, 1.165) is 17.7 Å². The van der Waals surface area contributed by atoms with E-state index < -0.39 is 18.1 Å². The molecule has 2 fully saturated rings. The van der Waals surface area contributed by atoms with Crippen molar-refractivity contribution in [2.24, 2.45) is 0 Å². The number of hydrogen-bond acceptors (Lipinski definition) is 4. The first-order chi connectivity index (χ1) is 10.1. The average molecular weight is 310 g/mol. The summed E-state index contributed by atoms with van der Waals surface area (Å²) in [5, 5.41) is 20.9. The summed E-state index contributed by atoms with van der Waals surface area (Å²) in [5.74, 6) is -1.05. The predicted octanol–water partition coefficient (Wildman–Crippen LogP) is 1.35. The molecule has 1 aliphatic carbocycles. The first kappa shape index (κ1) is 14.3. The van der Waals surface area contributed by atoms with Crippen molar-refractivity contribution in [2.45, 2.75) is 44.0 Å². The molecule has 6 nitrogen and oxygen atoms in total. The van der Waals surface area contributed by atoms with Crippen LogP contribution in [0.3, 0.4) is 0 Å². The fourth-order valence-electron chi connectivity index (χ4n) is 2.73. The second-order valence-electron chi connectivity index (χ2n) is 5.62. The van der Waals surface area contributed by atoms with Crippen molar-refractivity contribution in [2.75, 3.05) is 6.54 Å².